The summed E-state index contributed by atoms with van der Waals surface area (Å²) in [6.45, 7) is 1.76. The first-order valence-electron chi connectivity index (χ1n) is 3.91. The summed E-state index contributed by atoms with van der Waals surface area (Å²) in [6.07, 6.45) is 0. The summed E-state index contributed by atoms with van der Waals surface area (Å²) in [6, 6.07) is 3.10. The van der Waals surface area contributed by atoms with Gasteiger partial charge in [0.1, 0.15) is 11.2 Å². The number of aromatic nitrogens is 1. The van der Waals surface area contributed by atoms with Gasteiger partial charge in [0.2, 0.25) is 5.91 Å². The fourth-order valence-electron chi connectivity index (χ4n) is 1.16. The molecule has 0 bridgehead atoms. The average molecular weight is 198 g/mol. The molecule has 1 aliphatic rings. The van der Waals surface area contributed by atoms with E-state index in [-0.39, 0.29) is 11.9 Å². The van der Waals surface area contributed by atoms with Crippen molar-refractivity contribution in [3.05, 3.63) is 17.3 Å². The summed E-state index contributed by atoms with van der Waals surface area (Å²) in [5, 5.41) is 6.07. The van der Waals surface area contributed by atoms with E-state index in [1.54, 1.807) is 19.1 Å². The molecule has 1 atom stereocenters. The zero-order chi connectivity index (χ0) is 9.42. The minimum absolute atomic E-state index is 0.0587. The van der Waals surface area contributed by atoms with Crippen LogP contribution in [0.1, 0.15) is 6.92 Å². The van der Waals surface area contributed by atoms with Crippen molar-refractivity contribution < 1.29 is 4.79 Å². The van der Waals surface area contributed by atoms with Crippen molar-refractivity contribution in [3.63, 3.8) is 0 Å². The minimum atomic E-state index is -0.265. The maximum absolute atomic E-state index is 11.2. The molecule has 2 N–H and O–H groups in total. The second-order valence-electron chi connectivity index (χ2n) is 2.89. The number of fused-ring (bicyclic) bond motifs is 1. The number of amides is 1. The summed E-state index contributed by atoms with van der Waals surface area (Å²) in [5.74, 6) is 0.566. The lowest BCUT2D eigenvalue weighted by Crippen LogP contribution is -2.36. The Labute approximate surface area is 80.3 Å². The number of nitrogens with zero attached hydrogens (tertiary/aromatic N) is 1. The Balaban J connectivity index is 2.42. The lowest BCUT2D eigenvalue weighted by Gasteiger charge is -2.22. The van der Waals surface area contributed by atoms with Gasteiger partial charge in [-0.15, -0.1) is 0 Å². The van der Waals surface area contributed by atoms with E-state index in [1.807, 2.05) is 0 Å². The van der Waals surface area contributed by atoms with Gasteiger partial charge in [-0.2, -0.15) is 0 Å². The molecular weight excluding hydrogens is 190 g/mol. The number of nitrogens with one attached hydrogen (secondary N) is 2. The van der Waals surface area contributed by atoms with E-state index in [2.05, 4.69) is 15.6 Å². The molecule has 0 aliphatic carbocycles. The highest BCUT2D eigenvalue weighted by Crippen LogP contribution is 2.25. The van der Waals surface area contributed by atoms with Gasteiger partial charge in [0.25, 0.3) is 0 Å². The third kappa shape index (κ3) is 1.45. The van der Waals surface area contributed by atoms with Crippen LogP contribution in [0, 0.1) is 0 Å². The molecular formula is C8H8ClN3O. The van der Waals surface area contributed by atoms with Gasteiger partial charge in [-0.3, -0.25) is 4.79 Å². The molecule has 68 valence electrons. The highest BCUT2D eigenvalue weighted by atomic mass is 35.5. The van der Waals surface area contributed by atoms with Crippen LogP contribution in [0.15, 0.2) is 12.1 Å². The summed E-state index contributed by atoms with van der Waals surface area (Å²) in [4.78, 5) is 15.2. The van der Waals surface area contributed by atoms with Gasteiger partial charge in [0.05, 0.1) is 5.69 Å². The number of anilines is 2. The van der Waals surface area contributed by atoms with Gasteiger partial charge in [-0.25, -0.2) is 4.98 Å². The van der Waals surface area contributed by atoms with Crippen molar-refractivity contribution in [2.24, 2.45) is 0 Å². The molecule has 0 fully saturated rings. The number of halogens is 1. The topological polar surface area (TPSA) is 54.0 Å². The predicted octanol–water partition coefficient (Wildman–Crippen LogP) is 1.49. The first-order chi connectivity index (χ1) is 6.16. The molecule has 0 radical (unpaired) electrons. The number of pyridine rings is 1. The van der Waals surface area contributed by atoms with Crippen molar-refractivity contribution in [3.8, 4) is 0 Å². The normalized spacial score (nSPS) is 20.2. The van der Waals surface area contributed by atoms with Gasteiger partial charge in [0, 0.05) is 0 Å². The molecule has 13 heavy (non-hydrogen) atoms. The number of hydrogen-bond donors (Lipinski definition) is 2. The van der Waals surface area contributed by atoms with E-state index < -0.39 is 0 Å². The molecule has 0 aromatic carbocycles. The maximum atomic E-state index is 11.2. The highest BCUT2D eigenvalue weighted by Gasteiger charge is 2.21. The van der Waals surface area contributed by atoms with E-state index in [0.29, 0.717) is 16.7 Å². The summed E-state index contributed by atoms with van der Waals surface area (Å²) in [5.41, 5.74) is 0.674. The van der Waals surface area contributed by atoms with Gasteiger partial charge >= 0.3 is 0 Å². The fraction of sp³-hybridized carbons (Fsp3) is 0.250. The van der Waals surface area contributed by atoms with Crippen LogP contribution in [0.2, 0.25) is 5.15 Å². The fourth-order valence-corrected chi connectivity index (χ4v) is 1.31. The number of carbonyl (C=O) groups is 1. The maximum Gasteiger partial charge on any atom is 0.246 e. The van der Waals surface area contributed by atoms with Crippen molar-refractivity contribution in [1.29, 1.82) is 0 Å². The second kappa shape index (κ2) is 2.88. The third-order valence-corrected chi connectivity index (χ3v) is 2.08. The van der Waals surface area contributed by atoms with E-state index in [0.717, 1.165) is 0 Å². The van der Waals surface area contributed by atoms with Gasteiger partial charge < -0.3 is 10.6 Å². The first kappa shape index (κ1) is 8.31. The van der Waals surface area contributed by atoms with Gasteiger partial charge in [-0.05, 0) is 19.1 Å². The second-order valence-corrected chi connectivity index (χ2v) is 3.27. The van der Waals surface area contributed by atoms with Crippen LogP contribution in [0.5, 0.6) is 0 Å². The monoisotopic (exact) mass is 197 g/mol. The van der Waals surface area contributed by atoms with Crippen LogP contribution in [0.3, 0.4) is 0 Å². The van der Waals surface area contributed by atoms with Crippen molar-refractivity contribution in [1.82, 2.24) is 4.98 Å². The van der Waals surface area contributed by atoms with E-state index in [1.165, 1.54) is 0 Å². The van der Waals surface area contributed by atoms with E-state index >= 15 is 0 Å². The summed E-state index contributed by atoms with van der Waals surface area (Å²) >= 11 is 5.70. The Morgan fingerprint density at radius 2 is 2.31 bits per heavy atom. The van der Waals surface area contributed by atoms with Crippen LogP contribution in [-0.2, 0) is 4.79 Å². The average Bonchev–Trinajstić information content (AvgIpc) is 2.08. The third-order valence-electron chi connectivity index (χ3n) is 1.87. The van der Waals surface area contributed by atoms with Crippen LogP contribution < -0.4 is 10.6 Å². The molecule has 0 saturated heterocycles. The molecule has 5 heteroatoms. The highest BCUT2D eigenvalue weighted by molar-refractivity contribution is 6.29. The van der Waals surface area contributed by atoms with Crippen LogP contribution in [0.25, 0.3) is 0 Å². The Hall–Kier alpha value is -1.29. The molecule has 1 aliphatic heterocycles. The quantitative estimate of drug-likeness (QED) is 0.620. The predicted molar refractivity (Wildman–Crippen MR) is 51.0 cm³/mol. The molecule has 4 nitrogen and oxygen atoms in total. The Morgan fingerprint density at radius 1 is 1.54 bits per heavy atom. The molecule has 2 heterocycles. The van der Waals surface area contributed by atoms with E-state index in [4.69, 9.17) is 11.6 Å². The van der Waals surface area contributed by atoms with Crippen LogP contribution in [0.4, 0.5) is 11.5 Å². The zero-order valence-electron chi connectivity index (χ0n) is 6.97. The molecule has 1 aromatic rings. The van der Waals surface area contributed by atoms with Crippen molar-refractivity contribution in [2.75, 3.05) is 10.6 Å². The smallest absolute Gasteiger partial charge is 0.246 e. The Kier molecular flexibility index (Phi) is 1.84. The number of rotatable bonds is 0. The Bertz CT molecular complexity index is 366. The molecule has 0 spiro atoms. The van der Waals surface area contributed by atoms with Crippen LogP contribution >= 0.6 is 11.6 Å². The summed E-state index contributed by atoms with van der Waals surface area (Å²) < 4.78 is 0. The molecule has 0 saturated carbocycles. The first-order valence-corrected chi connectivity index (χ1v) is 4.28. The van der Waals surface area contributed by atoms with Gasteiger partial charge in [-0.1, -0.05) is 11.6 Å². The number of hydrogen-bond acceptors (Lipinski definition) is 3. The molecule has 1 aromatic heterocycles. The van der Waals surface area contributed by atoms with E-state index in [9.17, 15) is 4.79 Å². The van der Waals surface area contributed by atoms with Crippen LogP contribution in [-0.4, -0.2) is 16.9 Å². The Morgan fingerprint density at radius 3 is 3.08 bits per heavy atom. The van der Waals surface area contributed by atoms with Crippen molar-refractivity contribution >= 4 is 29.0 Å². The molecule has 2 rings (SSSR count). The lowest BCUT2D eigenvalue weighted by atomic mass is 10.2. The van der Waals surface area contributed by atoms with Gasteiger partial charge in [0.15, 0.2) is 5.82 Å². The van der Waals surface area contributed by atoms with Crippen molar-refractivity contribution in [2.45, 2.75) is 13.0 Å². The standard InChI is InChI=1S/C8H8ClN3O/c1-4-8(13)11-5-2-3-6(9)12-7(5)10-4/h2-4H,1H3,(H,10,12)(H,11,13)/t4-/m0/s1. The molecule has 1 amide bonds. The minimum Gasteiger partial charge on any atom is -0.357 e. The SMILES string of the molecule is C[C@@H]1Nc2nc(Cl)ccc2NC1=O. The lowest BCUT2D eigenvalue weighted by molar-refractivity contribution is -0.116. The number of carbonyl (C=O) groups excluding carboxylic acids is 1. The zero-order valence-corrected chi connectivity index (χ0v) is 7.72. The molecule has 0 unspecified atom stereocenters. The largest absolute Gasteiger partial charge is 0.357 e. The summed E-state index contributed by atoms with van der Waals surface area (Å²) in [7, 11) is 0.